The Morgan fingerprint density at radius 1 is 1.05 bits per heavy atom. The van der Waals surface area contributed by atoms with Gasteiger partial charge >= 0.3 is 5.97 Å². The third-order valence-electron chi connectivity index (χ3n) is 6.63. The highest BCUT2D eigenvalue weighted by molar-refractivity contribution is 7.13. The van der Waals surface area contributed by atoms with E-state index in [-0.39, 0.29) is 12.2 Å². The van der Waals surface area contributed by atoms with Crippen molar-refractivity contribution in [1.82, 2.24) is 14.3 Å². The lowest BCUT2D eigenvalue weighted by atomic mass is 10.0. The summed E-state index contributed by atoms with van der Waals surface area (Å²) in [5.41, 5.74) is 4.16. The highest BCUT2D eigenvalue weighted by Crippen LogP contribution is 2.29. The number of carbonyl (C=O) groups is 1. The molecular weight excluding hydrogens is 553 g/mol. The number of allylic oxidation sites excluding steroid dienone is 2. The fraction of sp³-hybridized carbons (Fsp3) is 0.125. The lowest BCUT2D eigenvalue weighted by Crippen LogP contribution is -2.38. The number of fused-ring (bicyclic) bond motifs is 1. The van der Waals surface area contributed by atoms with Crippen LogP contribution in [0.25, 0.3) is 28.4 Å². The normalized spacial score (nSPS) is 15.3. The van der Waals surface area contributed by atoms with Gasteiger partial charge in [-0.1, -0.05) is 78.1 Å². The van der Waals surface area contributed by atoms with E-state index in [4.69, 9.17) is 9.84 Å². The molecule has 204 valence electrons. The Labute approximate surface area is 244 Å². The minimum atomic E-state index is -0.656. The first kappa shape index (κ1) is 26.6. The molecule has 0 N–H and O–H groups in total. The van der Waals surface area contributed by atoms with Gasteiger partial charge in [0, 0.05) is 11.8 Å². The lowest BCUT2D eigenvalue weighted by molar-refractivity contribution is -0.139. The van der Waals surface area contributed by atoms with Crippen LogP contribution in [-0.4, -0.2) is 26.9 Å². The maximum absolute atomic E-state index is 14.0. The van der Waals surface area contributed by atoms with E-state index in [0.29, 0.717) is 20.6 Å². The van der Waals surface area contributed by atoms with Gasteiger partial charge < -0.3 is 4.74 Å². The first-order valence-electron chi connectivity index (χ1n) is 13.2. The quantitative estimate of drug-likeness (QED) is 0.243. The van der Waals surface area contributed by atoms with Gasteiger partial charge in [-0.3, -0.25) is 9.36 Å². The van der Waals surface area contributed by atoms with Crippen molar-refractivity contribution in [1.29, 1.82) is 0 Å². The van der Waals surface area contributed by atoms with Crippen molar-refractivity contribution >= 4 is 40.8 Å². The highest BCUT2D eigenvalue weighted by Gasteiger charge is 2.30. The maximum Gasteiger partial charge on any atom is 0.338 e. The molecule has 4 heterocycles. The number of aromatic nitrogens is 3. The molecule has 1 atom stereocenters. The molecule has 5 aromatic rings. The topological polar surface area (TPSA) is 78.5 Å². The molecule has 0 saturated carbocycles. The number of hydrogen-bond donors (Lipinski definition) is 0. The second kappa shape index (κ2) is 11.5. The summed E-state index contributed by atoms with van der Waals surface area (Å²) in [7, 11) is 0. The summed E-state index contributed by atoms with van der Waals surface area (Å²) in [6, 6.07) is 23.0. The van der Waals surface area contributed by atoms with Gasteiger partial charge in [-0.05, 0) is 49.1 Å². The molecule has 0 unspecified atom stereocenters. The lowest BCUT2D eigenvalue weighted by Gasteiger charge is -2.21. The SMILES string of the molecule is CCOC(=O)C1=C(C)N=c2s/c(=C\c3cn(-c4ccccc4)nc3-c3cccs3)c(=O)n2[C@@H]1/C=C/c1ccccc1. The van der Waals surface area contributed by atoms with Crippen LogP contribution in [0.5, 0.6) is 0 Å². The standard InChI is InChI=1S/C32H26N4O3S2/c1-3-39-31(38)28-21(2)33-32-36(25(28)17-16-22-11-6-4-7-12-22)30(37)27(41-32)19-23-20-35(24-13-8-5-9-14-24)34-29(23)26-15-10-18-40-26/h4-20,25H,3H2,1-2H3/b17-16+,27-19-/t25-/m1/s1. The van der Waals surface area contributed by atoms with E-state index in [1.165, 1.54) is 11.3 Å². The summed E-state index contributed by atoms with van der Waals surface area (Å²) in [5, 5.41) is 6.87. The largest absolute Gasteiger partial charge is 0.463 e. The molecule has 0 bridgehead atoms. The van der Waals surface area contributed by atoms with Crippen LogP contribution in [0, 0.1) is 0 Å². The van der Waals surface area contributed by atoms with Crippen LogP contribution in [0.4, 0.5) is 0 Å². The van der Waals surface area contributed by atoms with E-state index in [2.05, 4.69) is 4.99 Å². The first-order chi connectivity index (χ1) is 20.0. The number of rotatable bonds is 7. The molecule has 0 aliphatic carbocycles. The molecule has 7 nitrogen and oxygen atoms in total. The number of carbonyl (C=O) groups excluding carboxylic acids is 1. The Morgan fingerprint density at radius 2 is 1.80 bits per heavy atom. The Kier molecular flexibility index (Phi) is 7.45. The summed E-state index contributed by atoms with van der Waals surface area (Å²) >= 11 is 2.89. The van der Waals surface area contributed by atoms with Crippen LogP contribution in [0.1, 0.15) is 31.0 Å². The molecular formula is C32H26N4O3S2. The molecule has 2 aromatic carbocycles. The molecule has 0 spiro atoms. The van der Waals surface area contributed by atoms with Crippen molar-refractivity contribution in [3.8, 4) is 16.3 Å². The van der Waals surface area contributed by atoms with Crippen LogP contribution in [0.15, 0.2) is 112 Å². The van der Waals surface area contributed by atoms with Gasteiger partial charge in [-0.15, -0.1) is 11.3 Å². The molecule has 3 aromatic heterocycles. The van der Waals surface area contributed by atoms with Crippen molar-refractivity contribution in [3.63, 3.8) is 0 Å². The zero-order chi connectivity index (χ0) is 28.3. The fourth-order valence-corrected chi connectivity index (χ4v) is 6.51. The second-order valence-corrected chi connectivity index (χ2v) is 11.3. The van der Waals surface area contributed by atoms with Gasteiger partial charge in [0.25, 0.3) is 5.56 Å². The van der Waals surface area contributed by atoms with Gasteiger partial charge in [0.15, 0.2) is 4.80 Å². The Morgan fingerprint density at radius 3 is 2.51 bits per heavy atom. The summed E-state index contributed by atoms with van der Waals surface area (Å²) in [6.45, 7) is 3.77. The molecule has 9 heteroatoms. The average Bonchev–Trinajstić information content (AvgIpc) is 3.73. The van der Waals surface area contributed by atoms with Crippen molar-refractivity contribution in [2.24, 2.45) is 4.99 Å². The molecule has 0 amide bonds. The third-order valence-corrected chi connectivity index (χ3v) is 8.49. The van der Waals surface area contributed by atoms with Crippen LogP contribution in [-0.2, 0) is 9.53 Å². The smallest absolute Gasteiger partial charge is 0.338 e. The molecule has 41 heavy (non-hydrogen) atoms. The van der Waals surface area contributed by atoms with Crippen molar-refractivity contribution in [3.05, 3.63) is 133 Å². The van der Waals surface area contributed by atoms with Crippen molar-refractivity contribution in [2.75, 3.05) is 6.61 Å². The van der Waals surface area contributed by atoms with E-state index >= 15 is 0 Å². The summed E-state index contributed by atoms with van der Waals surface area (Å²) < 4.78 is 9.29. The zero-order valence-electron chi connectivity index (χ0n) is 22.4. The highest BCUT2D eigenvalue weighted by atomic mass is 32.1. The summed E-state index contributed by atoms with van der Waals surface area (Å²) in [5.74, 6) is -0.477. The number of esters is 1. The number of para-hydroxylation sites is 1. The van der Waals surface area contributed by atoms with E-state index in [1.807, 2.05) is 107 Å². The minimum absolute atomic E-state index is 0.227. The number of benzene rings is 2. The zero-order valence-corrected chi connectivity index (χ0v) is 24.1. The number of thiazole rings is 1. The van der Waals surface area contributed by atoms with E-state index < -0.39 is 12.0 Å². The van der Waals surface area contributed by atoms with Gasteiger partial charge in [0.1, 0.15) is 5.69 Å². The molecule has 1 aliphatic rings. The van der Waals surface area contributed by atoms with Crippen LogP contribution < -0.4 is 14.9 Å². The fourth-order valence-electron chi connectivity index (χ4n) is 4.73. The average molecular weight is 579 g/mol. The van der Waals surface area contributed by atoms with E-state index in [0.717, 1.165) is 27.4 Å². The minimum Gasteiger partial charge on any atom is -0.463 e. The third kappa shape index (κ3) is 5.29. The predicted octanol–water partition coefficient (Wildman–Crippen LogP) is 5.38. The van der Waals surface area contributed by atoms with Gasteiger partial charge in [0.05, 0.1) is 39.0 Å². The first-order valence-corrected chi connectivity index (χ1v) is 14.8. The van der Waals surface area contributed by atoms with Gasteiger partial charge in [-0.25, -0.2) is 14.5 Å². The Hall–Kier alpha value is -4.60. The number of thiophene rings is 1. The van der Waals surface area contributed by atoms with Gasteiger partial charge in [-0.2, -0.15) is 5.10 Å². The van der Waals surface area contributed by atoms with Crippen LogP contribution in [0.3, 0.4) is 0 Å². The van der Waals surface area contributed by atoms with Gasteiger partial charge in [0.2, 0.25) is 0 Å². The van der Waals surface area contributed by atoms with Crippen molar-refractivity contribution in [2.45, 2.75) is 19.9 Å². The molecule has 0 fully saturated rings. The second-order valence-electron chi connectivity index (χ2n) is 9.30. The number of hydrogen-bond acceptors (Lipinski definition) is 7. The molecule has 0 saturated heterocycles. The summed E-state index contributed by atoms with van der Waals surface area (Å²) in [4.78, 5) is 33.3. The van der Waals surface area contributed by atoms with E-state index in [9.17, 15) is 9.59 Å². The molecule has 0 radical (unpaired) electrons. The summed E-state index contributed by atoms with van der Waals surface area (Å²) in [6.07, 6.45) is 7.58. The van der Waals surface area contributed by atoms with Crippen LogP contribution >= 0.6 is 22.7 Å². The Balaban J connectivity index is 1.51. The molecule has 6 rings (SSSR count). The van der Waals surface area contributed by atoms with Crippen molar-refractivity contribution < 1.29 is 9.53 Å². The number of nitrogens with zero attached hydrogens (tertiary/aromatic N) is 4. The van der Waals surface area contributed by atoms with Crippen LogP contribution in [0.2, 0.25) is 0 Å². The Bertz CT molecular complexity index is 1950. The predicted molar refractivity (Wildman–Crippen MR) is 164 cm³/mol. The monoisotopic (exact) mass is 578 g/mol. The maximum atomic E-state index is 14.0. The molecule has 1 aliphatic heterocycles. The van der Waals surface area contributed by atoms with E-state index in [1.54, 1.807) is 29.8 Å². The number of ether oxygens (including phenoxy) is 1.